The van der Waals surface area contributed by atoms with Gasteiger partial charge in [0.05, 0.1) is 0 Å². The molecule has 90 valence electrons. The lowest BCUT2D eigenvalue weighted by atomic mass is 10.1. The van der Waals surface area contributed by atoms with E-state index in [1.165, 1.54) is 17.7 Å². The monoisotopic (exact) mass is 230 g/mol. The molecule has 1 N–H and O–H groups in total. The highest BCUT2D eigenvalue weighted by atomic mass is 16.5. The van der Waals surface area contributed by atoms with Crippen LogP contribution >= 0.6 is 0 Å². The summed E-state index contributed by atoms with van der Waals surface area (Å²) in [6.45, 7) is 2.89. The Bertz CT molecular complexity index is 436. The lowest BCUT2D eigenvalue weighted by Gasteiger charge is -2.27. The van der Waals surface area contributed by atoms with Gasteiger partial charge in [-0.1, -0.05) is 6.08 Å². The number of likely N-dealkylation sites (N-methyl/N-ethyl adjacent to an activating group) is 1. The summed E-state index contributed by atoms with van der Waals surface area (Å²) in [7, 11) is 2.16. The maximum absolute atomic E-state index is 5.65. The van der Waals surface area contributed by atoms with Crippen LogP contribution in [-0.4, -0.2) is 32.8 Å². The topological polar surface area (TPSA) is 24.5 Å². The number of rotatable bonds is 2. The van der Waals surface area contributed by atoms with Crippen molar-refractivity contribution in [3.05, 3.63) is 29.8 Å². The molecule has 1 saturated heterocycles. The third-order valence-electron chi connectivity index (χ3n) is 3.62. The Morgan fingerprint density at radius 3 is 3.18 bits per heavy atom. The van der Waals surface area contributed by atoms with Crippen molar-refractivity contribution in [1.82, 2.24) is 5.32 Å². The van der Waals surface area contributed by atoms with E-state index in [0.29, 0.717) is 12.6 Å². The van der Waals surface area contributed by atoms with E-state index in [9.17, 15) is 0 Å². The van der Waals surface area contributed by atoms with Gasteiger partial charge in [0, 0.05) is 37.0 Å². The minimum Gasteiger partial charge on any atom is -0.489 e. The number of fused-ring (bicyclic) bond motifs is 1. The van der Waals surface area contributed by atoms with Crippen molar-refractivity contribution in [3.63, 3.8) is 0 Å². The zero-order valence-electron chi connectivity index (χ0n) is 10.1. The van der Waals surface area contributed by atoms with E-state index in [2.05, 4.69) is 41.5 Å². The minimum absolute atomic E-state index is 0.604. The first-order chi connectivity index (χ1) is 8.34. The van der Waals surface area contributed by atoms with Gasteiger partial charge in [-0.05, 0) is 31.2 Å². The van der Waals surface area contributed by atoms with Gasteiger partial charge in [-0.25, -0.2) is 0 Å². The van der Waals surface area contributed by atoms with Gasteiger partial charge in [0.15, 0.2) is 0 Å². The molecule has 1 aromatic rings. The second-order valence-corrected chi connectivity index (χ2v) is 4.69. The largest absolute Gasteiger partial charge is 0.489 e. The Hall–Kier alpha value is -1.48. The fourth-order valence-corrected chi connectivity index (χ4v) is 2.50. The zero-order chi connectivity index (χ0) is 11.7. The molecule has 2 aliphatic heterocycles. The molecule has 0 radical (unpaired) electrons. The molecule has 3 rings (SSSR count). The minimum atomic E-state index is 0.604. The van der Waals surface area contributed by atoms with Gasteiger partial charge >= 0.3 is 0 Å². The summed E-state index contributed by atoms with van der Waals surface area (Å²) in [4.78, 5) is 2.35. The van der Waals surface area contributed by atoms with Crippen LogP contribution in [0.1, 0.15) is 12.0 Å². The van der Waals surface area contributed by atoms with E-state index >= 15 is 0 Å². The van der Waals surface area contributed by atoms with Crippen molar-refractivity contribution in [3.8, 4) is 5.75 Å². The van der Waals surface area contributed by atoms with Gasteiger partial charge in [-0.2, -0.15) is 0 Å². The number of nitrogens with zero attached hydrogens (tertiary/aromatic N) is 1. The van der Waals surface area contributed by atoms with Gasteiger partial charge in [0.2, 0.25) is 0 Å². The maximum Gasteiger partial charge on any atom is 0.129 e. The number of hydrogen-bond donors (Lipinski definition) is 1. The lowest BCUT2D eigenvalue weighted by Crippen LogP contribution is -2.33. The molecule has 1 aromatic carbocycles. The molecular weight excluding hydrogens is 212 g/mol. The van der Waals surface area contributed by atoms with Crippen LogP contribution < -0.4 is 15.0 Å². The van der Waals surface area contributed by atoms with Crippen LogP contribution in [-0.2, 0) is 0 Å². The first kappa shape index (κ1) is 10.7. The van der Waals surface area contributed by atoms with Gasteiger partial charge in [-0.3, -0.25) is 0 Å². The molecule has 0 aromatic heterocycles. The van der Waals surface area contributed by atoms with E-state index in [4.69, 9.17) is 4.74 Å². The Morgan fingerprint density at radius 2 is 2.35 bits per heavy atom. The molecule has 17 heavy (non-hydrogen) atoms. The summed E-state index contributed by atoms with van der Waals surface area (Å²) in [5.41, 5.74) is 2.42. The molecular formula is C14H18N2O. The SMILES string of the molecule is CN(c1ccc2c(c1)OCC=C2)C1CCNC1. The van der Waals surface area contributed by atoms with E-state index in [1.54, 1.807) is 0 Å². The summed E-state index contributed by atoms with van der Waals surface area (Å²) < 4.78 is 5.65. The predicted octanol–water partition coefficient (Wildman–Crippen LogP) is 1.89. The highest BCUT2D eigenvalue weighted by Crippen LogP contribution is 2.29. The number of anilines is 1. The zero-order valence-corrected chi connectivity index (χ0v) is 10.1. The summed E-state index contributed by atoms with van der Waals surface area (Å²) in [6.07, 6.45) is 5.39. The maximum atomic E-state index is 5.65. The van der Waals surface area contributed by atoms with E-state index in [1.807, 2.05) is 6.08 Å². The molecule has 1 unspecified atom stereocenters. The Labute approximate surface area is 102 Å². The summed E-state index contributed by atoms with van der Waals surface area (Å²) in [6, 6.07) is 7.07. The normalized spacial score (nSPS) is 22.1. The molecule has 2 heterocycles. The van der Waals surface area contributed by atoms with Gasteiger partial charge in [0.1, 0.15) is 12.4 Å². The van der Waals surface area contributed by atoms with E-state index in [0.717, 1.165) is 18.8 Å². The molecule has 0 spiro atoms. The molecule has 1 atom stereocenters. The molecule has 0 aliphatic carbocycles. The fraction of sp³-hybridized carbons (Fsp3) is 0.429. The quantitative estimate of drug-likeness (QED) is 0.839. The Kier molecular flexibility index (Phi) is 2.77. The molecule has 2 aliphatic rings. The number of nitrogens with one attached hydrogen (secondary N) is 1. The summed E-state index contributed by atoms with van der Waals surface area (Å²) >= 11 is 0. The summed E-state index contributed by atoms with van der Waals surface area (Å²) in [5.74, 6) is 1.00. The highest BCUT2D eigenvalue weighted by molar-refractivity contribution is 5.65. The van der Waals surface area contributed by atoms with Crippen molar-refractivity contribution in [1.29, 1.82) is 0 Å². The van der Waals surface area contributed by atoms with Crippen LogP contribution in [0, 0.1) is 0 Å². The fourth-order valence-electron chi connectivity index (χ4n) is 2.50. The number of hydrogen-bond acceptors (Lipinski definition) is 3. The molecule has 3 heteroatoms. The number of ether oxygens (including phenoxy) is 1. The van der Waals surface area contributed by atoms with Crippen LogP contribution in [0.15, 0.2) is 24.3 Å². The second-order valence-electron chi connectivity index (χ2n) is 4.69. The van der Waals surface area contributed by atoms with Crippen LogP contribution in [0.4, 0.5) is 5.69 Å². The Balaban J connectivity index is 1.85. The predicted molar refractivity (Wildman–Crippen MR) is 70.6 cm³/mol. The molecule has 1 fully saturated rings. The first-order valence-corrected chi connectivity index (χ1v) is 6.21. The van der Waals surface area contributed by atoms with Gasteiger partial charge in [0.25, 0.3) is 0 Å². The lowest BCUT2D eigenvalue weighted by molar-refractivity contribution is 0.358. The van der Waals surface area contributed by atoms with Crippen LogP contribution in [0.25, 0.3) is 6.08 Å². The first-order valence-electron chi connectivity index (χ1n) is 6.21. The van der Waals surface area contributed by atoms with Crippen LogP contribution in [0.2, 0.25) is 0 Å². The smallest absolute Gasteiger partial charge is 0.129 e. The van der Waals surface area contributed by atoms with Gasteiger partial charge in [-0.15, -0.1) is 0 Å². The molecule has 0 bridgehead atoms. The number of benzene rings is 1. The third-order valence-corrected chi connectivity index (χ3v) is 3.62. The molecule has 3 nitrogen and oxygen atoms in total. The highest BCUT2D eigenvalue weighted by Gasteiger charge is 2.20. The van der Waals surface area contributed by atoms with Gasteiger partial charge < -0.3 is 15.0 Å². The van der Waals surface area contributed by atoms with E-state index < -0.39 is 0 Å². The average molecular weight is 230 g/mol. The van der Waals surface area contributed by atoms with Crippen molar-refractivity contribution >= 4 is 11.8 Å². The van der Waals surface area contributed by atoms with Crippen LogP contribution in [0.3, 0.4) is 0 Å². The van der Waals surface area contributed by atoms with Crippen LogP contribution in [0.5, 0.6) is 5.75 Å². The van der Waals surface area contributed by atoms with Crippen molar-refractivity contribution in [2.24, 2.45) is 0 Å². The van der Waals surface area contributed by atoms with Crippen molar-refractivity contribution in [2.45, 2.75) is 12.5 Å². The standard InChI is InChI=1S/C14H18N2O/c1-16(13-6-7-15-10-13)12-5-4-11-3-2-8-17-14(11)9-12/h2-5,9,13,15H,6-8,10H2,1H3. The van der Waals surface area contributed by atoms with E-state index in [-0.39, 0.29) is 0 Å². The Morgan fingerprint density at radius 1 is 1.41 bits per heavy atom. The average Bonchev–Trinajstić information content (AvgIpc) is 2.91. The summed E-state index contributed by atoms with van der Waals surface area (Å²) in [5, 5.41) is 3.40. The molecule has 0 saturated carbocycles. The van der Waals surface area contributed by atoms with Crippen molar-refractivity contribution in [2.75, 3.05) is 31.6 Å². The second kappa shape index (κ2) is 4.41. The molecule has 0 amide bonds. The van der Waals surface area contributed by atoms with Crippen molar-refractivity contribution < 1.29 is 4.74 Å². The third kappa shape index (κ3) is 2.03.